The standard InChI is InChI=1S/C18H20O6/c1-15-9-17(21-2)12-8-18(15,20)16(12,14(23-15)24-17)10-22-13(19)11-6-4-3-5-7-11/h3-7,12,14,20H,8-10H2,1-2H3/t12-,14-,15+,16+,17-,18-/m1/s1. The Morgan fingerprint density at radius 3 is 2.79 bits per heavy atom. The van der Waals surface area contributed by atoms with Crippen LogP contribution in [0.2, 0.25) is 0 Å². The van der Waals surface area contributed by atoms with Crippen LogP contribution in [0.4, 0.5) is 0 Å². The van der Waals surface area contributed by atoms with Crippen LogP contribution in [0.3, 0.4) is 0 Å². The maximum Gasteiger partial charge on any atom is 0.338 e. The fraction of sp³-hybridized carbons (Fsp3) is 0.611. The molecule has 6 heteroatoms. The van der Waals surface area contributed by atoms with Gasteiger partial charge >= 0.3 is 5.97 Å². The van der Waals surface area contributed by atoms with Crippen LogP contribution in [0.5, 0.6) is 0 Å². The third-order valence-electron chi connectivity index (χ3n) is 6.77. The topological polar surface area (TPSA) is 74.2 Å². The summed E-state index contributed by atoms with van der Waals surface area (Å²) < 4.78 is 23.3. The van der Waals surface area contributed by atoms with Crippen LogP contribution in [0.25, 0.3) is 0 Å². The molecule has 24 heavy (non-hydrogen) atoms. The second-order valence-corrected chi connectivity index (χ2v) is 7.59. The van der Waals surface area contributed by atoms with Gasteiger partial charge in [-0.05, 0) is 25.5 Å². The van der Waals surface area contributed by atoms with Gasteiger partial charge in [-0.3, -0.25) is 0 Å². The van der Waals surface area contributed by atoms with Gasteiger partial charge < -0.3 is 24.1 Å². The van der Waals surface area contributed by atoms with Crippen molar-refractivity contribution in [2.45, 2.75) is 43.0 Å². The molecule has 6 fully saturated rings. The van der Waals surface area contributed by atoms with Crippen molar-refractivity contribution in [3.05, 3.63) is 35.9 Å². The molecule has 6 atom stereocenters. The van der Waals surface area contributed by atoms with Gasteiger partial charge in [0.05, 0.1) is 11.0 Å². The van der Waals surface area contributed by atoms with Gasteiger partial charge in [0.1, 0.15) is 17.8 Å². The first-order valence-electron chi connectivity index (χ1n) is 8.26. The Morgan fingerprint density at radius 1 is 1.33 bits per heavy atom. The molecule has 0 amide bonds. The average Bonchev–Trinajstić information content (AvgIpc) is 2.79. The number of benzene rings is 1. The summed E-state index contributed by atoms with van der Waals surface area (Å²) in [5.74, 6) is -1.19. The molecule has 3 saturated heterocycles. The Labute approximate surface area is 139 Å². The summed E-state index contributed by atoms with van der Waals surface area (Å²) in [6.45, 7) is 1.96. The molecular weight excluding hydrogens is 312 g/mol. The number of rotatable bonds is 4. The number of methoxy groups -OCH3 is 1. The van der Waals surface area contributed by atoms with Gasteiger partial charge in [-0.2, -0.15) is 0 Å². The van der Waals surface area contributed by atoms with E-state index in [9.17, 15) is 9.90 Å². The monoisotopic (exact) mass is 332 g/mol. The number of ether oxygens (including phenoxy) is 4. The minimum atomic E-state index is -1.05. The molecule has 1 aromatic rings. The number of hydrogen-bond acceptors (Lipinski definition) is 6. The molecule has 6 nitrogen and oxygen atoms in total. The van der Waals surface area contributed by atoms with E-state index in [1.807, 2.05) is 13.0 Å². The molecule has 0 aromatic heterocycles. The fourth-order valence-corrected chi connectivity index (χ4v) is 5.49. The number of aliphatic hydroxyl groups is 1. The zero-order valence-corrected chi connectivity index (χ0v) is 13.7. The molecule has 0 unspecified atom stereocenters. The first-order valence-corrected chi connectivity index (χ1v) is 8.26. The number of carbonyl (C=O) groups excluding carboxylic acids is 1. The van der Waals surface area contributed by atoms with Gasteiger partial charge in [-0.25, -0.2) is 4.79 Å². The van der Waals surface area contributed by atoms with Crippen molar-refractivity contribution in [3.63, 3.8) is 0 Å². The Morgan fingerprint density at radius 2 is 2.08 bits per heavy atom. The van der Waals surface area contributed by atoms with E-state index < -0.39 is 34.7 Å². The van der Waals surface area contributed by atoms with Crippen molar-refractivity contribution in [1.29, 1.82) is 0 Å². The third-order valence-corrected chi connectivity index (χ3v) is 6.77. The van der Waals surface area contributed by atoms with Crippen molar-refractivity contribution in [1.82, 2.24) is 0 Å². The normalized spacial score (nSPS) is 50.0. The smallest absolute Gasteiger partial charge is 0.338 e. The van der Waals surface area contributed by atoms with Crippen LogP contribution in [-0.2, 0) is 18.9 Å². The lowest BCUT2D eigenvalue weighted by Gasteiger charge is -2.65. The van der Waals surface area contributed by atoms with Crippen LogP contribution in [-0.4, -0.2) is 48.1 Å². The maximum atomic E-state index is 12.3. The van der Waals surface area contributed by atoms with Gasteiger partial charge in [-0.1, -0.05) is 18.2 Å². The first-order chi connectivity index (χ1) is 11.4. The van der Waals surface area contributed by atoms with Crippen LogP contribution >= 0.6 is 0 Å². The van der Waals surface area contributed by atoms with Crippen molar-refractivity contribution < 1.29 is 28.8 Å². The van der Waals surface area contributed by atoms with Gasteiger partial charge in [0.15, 0.2) is 12.1 Å². The average molecular weight is 332 g/mol. The van der Waals surface area contributed by atoms with E-state index in [1.165, 1.54) is 0 Å². The summed E-state index contributed by atoms with van der Waals surface area (Å²) in [7, 11) is 1.62. The minimum Gasteiger partial charge on any atom is -0.461 e. The summed E-state index contributed by atoms with van der Waals surface area (Å²) in [6, 6.07) is 8.83. The molecular formula is C18H20O6. The highest BCUT2D eigenvalue weighted by Gasteiger charge is 2.93. The van der Waals surface area contributed by atoms with Gasteiger partial charge in [0.2, 0.25) is 0 Å². The van der Waals surface area contributed by atoms with E-state index in [0.717, 1.165) is 0 Å². The van der Waals surface area contributed by atoms with E-state index in [0.29, 0.717) is 18.4 Å². The van der Waals surface area contributed by atoms with Gasteiger partial charge in [0.25, 0.3) is 0 Å². The zero-order chi connectivity index (χ0) is 16.8. The van der Waals surface area contributed by atoms with Crippen LogP contribution in [0.1, 0.15) is 30.1 Å². The molecule has 7 rings (SSSR count). The van der Waals surface area contributed by atoms with Gasteiger partial charge in [0, 0.05) is 19.4 Å². The van der Waals surface area contributed by atoms with Crippen molar-refractivity contribution in [2.75, 3.05) is 13.7 Å². The maximum absolute atomic E-state index is 12.3. The van der Waals surface area contributed by atoms with Crippen LogP contribution in [0, 0.1) is 11.3 Å². The number of hydrogen-bond donors (Lipinski definition) is 1. The molecule has 0 radical (unpaired) electrons. The summed E-state index contributed by atoms with van der Waals surface area (Å²) >= 11 is 0. The van der Waals surface area contributed by atoms with Crippen molar-refractivity contribution >= 4 is 5.97 Å². The summed E-state index contributed by atoms with van der Waals surface area (Å²) in [4.78, 5) is 12.3. The number of carbonyl (C=O) groups is 1. The van der Waals surface area contributed by atoms with E-state index in [2.05, 4.69) is 0 Å². The predicted octanol–water partition coefficient (Wildman–Crippen LogP) is 1.47. The van der Waals surface area contributed by atoms with Crippen LogP contribution < -0.4 is 0 Å². The Hall–Kier alpha value is -1.47. The summed E-state index contributed by atoms with van der Waals surface area (Å²) in [6.07, 6.45) is 0.419. The third kappa shape index (κ3) is 1.34. The lowest BCUT2D eigenvalue weighted by atomic mass is 9.41. The largest absolute Gasteiger partial charge is 0.461 e. The fourth-order valence-electron chi connectivity index (χ4n) is 5.49. The molecule has 6 aliphatic rings. The summed E-state index contributed by atoms with van der Waals surface area (Å²) in [5, 5.41) is 11.3. The first kappa shape index (κ1) is 14.8. The quantitative estimate of drug-likeness (QED) is 0.842. The van der Waals surface area contributed by atoms with E-state index in [4.69, 9.17) is 18.9 Å². The Kier molecular flexibility index (Phi) is 2.59. The second kappa shape index (κ2) is 4.19. The molecule has 3 saturated carbocycles. The van der Waals surface area contributed by atoms with Crippen LogP contribution in [0.15, 0.2) is 30.3 Å². The van der Waals surface area contributed by atoms with Crippen molar-refractivity contribution in [2.24, 2.45) is 11.3 Å². The predicted molar refractivity (Wildman–Crippen MR) is 80.9 cm³/mol. The molecule has 3 aliphatic carbocycles. The SMILES string of the molecule is CO[C@]12C[C@]3(C)O[C@H](O1)[C@]1(COC(=O)c4ccccc4)[C@H]2C[C@]13O. The van der Waals surface area contributed by atoms with Crippen molar-refractivity contribution in [3.8, 4) is 0 Å². The molecule has 6 bridgehead atoms. The molecule has 1 aromatic carbocycles. The molecule has 3 heterocycles. The lowest BCUT2D eigenvalue weighted by Crippen LogP contribution is -2.78. The molecule has 1 N–H and O–H groups in total. The molecule has 0 spiro atoms. The van der Waals surface area contributed by atoms with E-state index in [-0.39, 0.29) is 12.5 Å². The van der Waals surface area contributed by atoms with E-state index in [1.54, 1.807) is 31.4 Å². The number of esters is 1. The van der Waals surface area contributed by atoms with Gasteiger partial charge in [-0.15, -0.1) is 0 Å². The van der Waals surface area contributed by atoms with E-state index >= 15 is 0 Å². The zero-order valence-electron chi connectivity index (χ0n) is 13.7. The minimum absolute atomic E-state index is 0.0378. The Balaban J connectivity index is 1.45. The second-order valence-electron chi connectivity index (χ2n) is 7.59. The Bertz CT molecular complexity index is 721. The highest BCUT2D eigenvalue weighted by Crippen LogP contribution is 2.80. The highest BCUT2D eigenvalue weighted by atomic mass is 16.8. The lowest BCUT2D eigenvalue weighted by molar-refractivity contribution is -0.390. The molecule has 128 valence electrons. The summed E-state index contributed by atoms with van der Waals surface area (Å²) in [5.41, 5.74) is -2.05. The highest BCUT2D eigenvalue weighted by molar-refractivity contribution is 5.89. The molecule has 3 aliphatic heterocycles.